The van der Waals surface area contributed by atoms with Gasteiger partial charge in [0.15, 0.2) is 0 Å². The van der Waals surface area contributed by atoms with Crippen LogP contribution < -0.4 is 14.8 Å². The summed E-state index contributed by atoms with van der Waals surface area (Å²) < 4.78 is 16.3. The van der Waals surface area contributed by atoms with Crippen LogP contribution in [0.5, 0.6) is 11.5 Å². The molecule has 0 aromatic heterocycles. The highest BCUT2D eigenvalue weighted by Gasteiger charge is 2.35. The number of piperidine rings is 1. The van der Waals surface area contributed by atoms with Crippen LogP contribution in [0.3, 0.4) is 0 Å². The molecule has 0 spiro atoms. The lowest BCUT2D eigenvalue weighted by atomic mass is 9.83. The van der Waals surface area contributed by atoms with Gasteiger partial charge in [0.2, 0.25) is 0 Å². The van der Waals surface area contributed by atoms with Crippen LogP contribution in [-0.2, 0) is 16.0 Å². The van der Waals surface area contributed by atoms with Gasteiger partial charge in [-0.15, -0.1) is 0 Å². The average molecular weight is 322 g/mol. The summed E-state index contributed by atoms with van der Waals surface area (Å²) in [5.41, 5.74) is 0.410. The van der Waals surface area contributed by atoms with Gasteiger partial charge in [0.1, 0.15) is 17.1 Å². The second-order valence-corrected chi connectivity index (χ2v) is 6.62. The van der Waals surface area contributed by atoms with Crippen molar-refractivity contribution in [2.75, 3.05) is 27.3 Å². The third-order valence-electron chi connectivity index (χ3n) is 4.56. The van der Waals surface area contributed by atoms with E-state index in [4.69, 9.17) is 14.2 Å². The van der Waals surface area contributed by atoms with E-state index in [9.17, 15) is 4.79 Å². The van der Waals surface area contributed by atoms with Crippen molar-refractivity contribution in [2.45, 2.75) is 38.7 Å². The first-order chi connectivity index (χ1) is 10.9. The van der Waals surface area contributed by atoms with Crippen molar-refractivity contribution in [3.8, 4) is 11.5 Å². The number of esters is 1. The normalized spacial score (nSPS) is 16.0. The van der Waals surface area contributed by atoms with Gasteiger partial charge in [-0.2, -0.15) is 0 Å². The van der Waals surface area contributed by atoms with E-state index in [0.29, 0.717) is 17.4 Å². The molecule has 1 aliphatic rings. The molecule has 1 fully saturated rings. The van der Waals surface area contributed by atoms with Crippen molar-refractivity contribution in [2.24, 2.45) is 5.92 Å². The van der Waals surface area contributed by atoms with E-state index in [0.717, 1.165) is 31.5 Å². The fourth-order valence-electron chi connectivity index (χ4n) is 3.17. The van der Waals surface area contributed by atoms with Crippen LogP contribution in [-0.4, -0.2) is 38.9 Å². The summed E-state index contributed by atoms with van der Waals surface area (Å²) in [5, 5.41) is 2.32. The van der Waals surface area contributed by atoms with E-state index in [1.807, 2.05) is 26.0 Å². The van der Waals surface area contributed by atoms with Gasteiger partial charge in [0, 0.05) is 24.8 Å². The fraction of sp³-hybridized carbons (Fsp3) is 0.611. The van der Waals surface area contributed by atoms with Gasteiger partial charge >= 0.3 is 5.97 Å². The molecule has 128 valence electrons. The molecule has 5 nitrogen and oxygen atoms in total. The zero-order valence-electron chi connectivity index (χ0n) is 14.6. The van der Waals surface area contributed by atoms with Gasteiger partial charge < -0.3 is 19.5 Å². The second kappa shape index (κ2) is 7.68. The van der Waals surface area contributed by atoms with E-state index in [2.05, 4.69) is 5.32 Å². The van der Waals surface area contributed by atoms with Crippen molar-refractivity contribution < 1.29 is 24.3 Å². The summed E-state index contributed by atoms with van der Waals surface area (Å²) in [6.45, 7) is 6.26. The number of rotatable bonds is 6. The lowest BCUT2D eigenvalue weighted by Gasteiger charge is -2.35. The van der Waals surface area contributed by atoms with Crippen LogP contribution in [0.4, 0.5) is 0 Å². The molecule has 0 atom stereocenters. The summed E-state index contributed by atoms with van der Waals surface area (Å²) in [6, 6.07) is 5.47. The molecule has 0 unspecified atom stereocenters. The highest BCUT2D eigenvalue weighted by molar-refractivity contribution is 5.73. The van der Waals surface area contributed by atoms with E-state index in [1.165, 1.54) is 0 Å². The Morgan fingerprint density at radius 1 is 1.13 bits per heavy atom. The Bertz CT molecular complexity index is 514. The van der Waals surface area contributed by atoms with Gasteiger partial charge in [-0.3, -0.25) is 4.79 Å². The SMILES string of the molecule is COc1cc(CC(=O)OC(C)(C)C2CC[NH2+]CC2)cc(OC)c1. The second-order valence-electron chi connectivity index (χ2n) is 6.62. The summed E-state index contributed by atoms with van der Waals surface area (Å²) in [6.07, 6.45) is 2.40. The van der Waals surface area contributed by atoms with E-state index >= 15 is 0 Å². The lowest BCUT2D eigenvalue weighted by Crippen LogP contribution is -2.86. The minimum atomic E-state index is -0.422. The smallest absolute Gasteiger partial charge is 0.310 e. The Morgan fingerprint density at radius 2 is 1.70 bits per heavy atom. The van der Waals surface area contributed by atoms with E-state index in [1.54, 1.807) is 20.3 Å². The van der Waals surface area contributed by atoms with E-state index < -0.39 is 5.60 Å². The number of methoxy groups -OCH3 is 2. The number of hydrogen-bond acceptors (Lipinski definition) is 4. The van der Waals surface area contributed by atoms with Gasteiger partial charge in [-0.05, 0) is 31.5 Å². The predicted octanol–water partition coefficient (Wildman–Crippen LogP) is 1.54. The number of nitrogens with two attached hydrogens (primary N) is 1. The molecule has 0 bridgehead atoms. The first kappa shape index (κ1) is 17.6. The van der Waals surface area contributed by atoms with Crippen LogP contribution in [0, 0.1) is 5.92 Å². The van der Waals surface area contributed by atoms with Gasteiger partial charge in [0.05, 0.1) is 33.7 Å². The molecule has 1 saturated heterocycles. The molecular formula is C18H28NO4+. The highest BCUT2D eigenvalue weighted by Crippen LogP contribution is 2.29. The molecule has 2 N–H and O–H groups in total. The highest BCUT2D eigenvalue weighted by atomic mass is 16.6. The lowest BCUT2D eigenvalue weighted by molar-refractivity contribution is -0.665. The Labute approximate surface area is 138 Å². The molecule has 2 rings (SSSR count). The Balaban J connectivity index is 2.01. The molecule has 1 heterocycles. The number of carbonyl (C=O) groups is 1. The summed E-state index contributed by atoms with van der Waals surface area (Å²) >= 11 is 0. The van der Waals surface area contributed by atoms with Crippen molar-refractivity contribution in [3.63, 3.8) is 0 Å². The van der Waals surface area contributed by atoms with Gasteiger partial charge in [0.25, 0.3) is 0 Å². The molecule has 0 amide bonds. The first-order valence-corrected chi connectivity index (χ1v) is 8.20. The maximum absolute atomic E-state index is 12.4. The van der Waals surface area contributed by atoms with Gasteiger partial charge in [-0.1, -0.05) is 0 Å². The molecule has 1 aromatic rings. The fourth-order valence-corrected chi connectivity index (χ4v) is 3.17. The minimum Gasteiger partial charge on any atom is -0.497 e. The number of hydrogen-bond donors (Lipinski definition) is 1. The Hall–Kier alpha value is -1.75. The van der Waals surface area contributed by atoms with Crippen LogP contribution >= 0.6 is 0 Å². The third kappa shape index (κ3) is 4.86. The maximum atomic E-state index is 12.4. The Kier molecular flexibility index (Phi) is 5.88. The zero-order chi connectivity index (χ0) is 16.9. The standard InChI is InChI=1S/C18H27NO4/c1-18(2,14-5-7-19-8-6-14)23-17(20)11-13-9-15(21-3)12-16(10-13)22-4/h9-10,12,14,19H,5-8,11H2,1-4H3/p+1. The number of carbonyl (C=O) groups excluding carboxylic acids is 1. The van der Waals surface area contributed by atoms with Crippen LogP contribution in [0.15, 0.2) is 18.2 Å². The number of benzene rings is 1. The summed E-state index contributed by atoms with van der Waals surface area (Å²) in [4.78, 5) is 12.4. The van der Waals surface area contributed by atoms with Crippen molar-refractivity contribution in [1.82, 2.24) is 0 Å². The van der Waals surface area contributed by atoms with Crippen LogP contribution in [0.25, 0.3) is 0 Å². The first-order valence-electron chi connectivity index (χ1n) is 8.20. The topological polar surface area (TPSA) is 61.4 Å². The van der Waals surface area contributed by atoms with Crippen molar-refractivity contribution in [3.05, 3.63) is 23.8 Å². The molecule has 5 heteroatoms. The molecule has 1 aliphatic heterocycles. The minimum absolute atomic E-state index is 0.208. The molecule has 0 saturated carbocycles. The molecule has 23 heavy (non-hydrogen) atoms. The van der Waals surface area contributed by atoms with Gasteiger partial charge in [-0.25, -0.2) is 0 Å². The largest absolute Gasteiger partial charge is 0.497 e. The molecular weight excluding hydrogens is 294 g/mol. The average Bonchev–Trinajstić information content (AvgIpc) is 2.54. The zero-order valence-corrected chi connectivity index (χ0v) is 14.6. The molecule has 0 radical (unpaired) electrons. The monoisotopic (exact) mass is 322 g/mol. The number of quaternary nitrogens is 1. The summed E-state index contributed by atoms with van der Waals surface area (Å²) in [7, 11) is 3.19. The van der Waals surface area contributed by atoms with E-state index in [-0.39, 0.29) is 12.4 Å². The van der Waals surface area contributed by atoms with Crippen LogP contribution in [0.2, 0.25) is 0 Å². The quantitative estimate of drug-likeness (QED) is 0.807. The Morgan fingerprint density at radius 3 is 2.22 bits per heavy atom. The van der Waals surface area contributed by atoms with Crippen molar-refractivity contribution in [1.29, 1.82) is 0 Å². The third-order valence-corrected chi connectivity index (χ3v) is 4.56. The summed E-state index contributed by atoms with van der Waals surface area (Å²) in [5.74, 6) is 1.57. The molecule has 0 aliphatic carbocycles. The van der Waals surface area contributed by atoms with Crippen molar-refractivity contribution >= 4 is 5.97 Å². The molecule has 1 aromatic carbocycles. The van der Waals surface area contributed by atoms with Crippen LogP contribution in [0.1, 0.15) is 32.3 Å². The predicted molar refractivity (Wildman–Crippen MR) is 87.8 cm³/mol. The number of ether oxygens (including phenoxy) is 3. The maximum Gasteiger partial charge on any atom is 0.310 e.